The van der Waals surface area contributed by atoms with Crippen LogP contribution in [0.15, 0.2) is 0 Å². The minimum atomic E-state index is -3.53. The first-order chi connectivity index (χ1) is 8.15. The van der Waals surface area contributed by atoms with Gasteiger partial charge < -0.3 is 15.2 Å². The van der Waals surface area contributed by atoms with E-state index in [1.165, 1.54) is 0 Å². The lowest BCUT2D eigenvalue weighted by molar-refractivity contribution is -0.143. The number of amides is 1. The van der Waals surface area contributed by atoms with Gasteiger partial charge in [-0.25, -0.2) is 13.2 Å². The predicted octanol–water partition coefficient (Wildman–Crippen LogP) is -1.45. The number of carbonyl (C=O) groups is 3. The number of carbonyl (C=O) groups excluding carboxylic acids is 2. The van der Waals surface area contributed by atoms with Crippen LogP contribution in [0.25, 0.3) is 0 Å². The molecule has 1 amide bonds. The first-order valence-electron chi connectivity index (χ1n) is 4.92. The molecule has 0 aromatic rings. The van der Waals surface area contributed by atoms with Crippen molar-refractivity contribution in [1.29, 1.82) is 0 Å². The van der Waals surface area contributed by atoms with E-state index in [2.05, 4.69) is 4.74 Å². The lowest BCUT2D eigenvalue weighted by atomic mass is 10.1. The molecule has 0 fully saturated rings. The van der Waals surface area contributed by atoms with E-state index in [0.29, 0.717) is 0 Å². The van der Waals surface area contributed by atoms with Crippen molar-refractivity contribution < 1.29 is 32.6 Å². The van der Waals surface area contributed by atoms with Gasteiger partial charge in [-0.2, -0.15) is 0 Å². The molecule has 9 heteroatoms. The second kappa shape index (κ2) is 6.94. The maximum atomic E-state index is 11.2. The summed E-state index contributed by atoms with van der Waals surface area (Å²) in [6.07, 6.45) is 0.501. The van der Waals surface area contributed by atoms with Crippen LogP contribution in [0.5, 0.6) is 0 Å². The van der Waals surface area contributed by atoms with E-state index in [1.54, 1.807) is 0 Å². The Morgan fingerprint density at radius 2 is 1.89 bits per heavy atom. The SMILES string of the molecule is COC(=O)CC[C@@H](NC(=O)CS(C)(=O)=O)C(=O)O. The summed E-state index contributed by atoms with van der Waals surface area (Å²) in [6.45, 7) is 0. The van der Waals surface area contributed by atoms with Crippen LogP contribution >= 0.6 is 0 Å². The Morgan fingerprint density at radius 3 is 2.28 bits per heavy atom. The van der Waals surface area contributed by atoms with Gasteiger partial charge in [0.2, 0.25) is 5.91 Å². The summed E-state index contributed by atoms with van der Waals surface area (Å²) in [5.74, 6) is -3.68. The molecule has 0 unspecified atom stereocenters. The molecule has 104 valence electrons. The van der Waals surface area contributed by atoms with E-state index >= 15 is 0 Å². The summed E-state index contributed by atoms with van der Waals surface area (Å²) in [5, 5.41) is 10.8. The Bertz CT molecular complexity index is 428. The lowest BCUT2D eigenvalue weighted by Gasteiger charge is -2.13. The Hall–Kier alpha value is -1.64. The molecule has 1 atom stereocenters. The minimum absolute atomic E-state index is 0.169. The third-order valence-corrected chi connectivity index (χ3v) is 2.68. The van der Waals surface area contributed by atoms with Gasteiger partial charge in [-0.1, -0.05) is 0 Å². The van der Waals surface area contributed by atoms with Crippen molar-refractivity contribution in [2.75, 3.05) is 19.1 Å². The summed E-state index contributed by atoms with van der Waals surface area (Å²) in [4.78, 5) is 32.8. The standard InChI is InChI=1S/C9H15NO7S/c1-17-8(12)4-3-6(9(13)14)10-7(11)5-18(2,15)16/h6H,3-5H2,1-2H3,(H,10,11)(H,13,14)/t6-/m1/s1. The average Bonchev–Trinajstić information content (AvgIpc) is 2.20. The summed E-state index contributed by atoms with van der Waals surface area (Å²) in [7, 11) is -2.37. The van der Waals surface area contributed by atoms with E-state index in [0.717, 1.165) is 13.4 Å². The van der Waals surface area contributed by atoms with Crippen LogP contribution in [-0.2, 0) is 29.0 Å². The van der Waals surface area contributed by atoms with E-state index in [4.69, 9.17) is 5.11 Å². The normalized spacial score (nSPS) is 12.6. The zero-order valence-corrected chi connectivity index (χ0v) is 10.8. The number of carboxylic acids is 1. The van der Waals surface area contributed by atoms with Gasteiger partial charge in [0.1, 0.15) is 11.8 Å². The number of aliphatic carboxylic acids is 1. The number of esters is 1. The van der Waals surface area contributed by atoms with Crippen LogP contribution in [0.1, 0.15) is 12.8 Å². The van der Waals surface area contributed by atoms with Crippen LogP contribution in [0.3, 0.4) is 0 Å². The number of sulfone groups is 1. The van der Waals surface area contributed by atoms with Crippen LogP contribution in [-0.4, -0.2) is 56.5 Å². The Kier molecular flexibility index (Phi) is 6.31. The highest BCUT2D eigenvalue weighted by molar-refractivity contribution is 7.91. The molecule has 18 heavy (non-hydrogen) atoms. The summed E-state index contributed by atoms with van der Waals surface area (Å²) >= 11 is 0. The molecular weight excluding hydrogens is 266 g/mol. The molecule has 0 saturated heterocycles. The summed E-state index contributed by atoms with van der Waals surface area (Å²) in [5.41, 5.74) is 0. The smallest absolute Gasteiger partial charge is 0.326 e. The second-order valence-electron chi connectivity index (χ2n) is 3.64. The number of ether oxygens (including phenoxy) is 1. The minimum Gasteiger partial charge on any atom is -0.480 e. The molecule has 0 radical (unpaired) electrons. The van der Waals surface area contributed by atoms with Crippen LogP contribution in [0.4, 0.5) is 0 Å². The van der Waals surface area contributed by atoms with Gasteiger partial charge in [0, 0.05) is 12.7 Å². The van der Waals surface area contributed by atoms with Crippen molar-refractivity contribution >= 4 is 27.7 Å². The molecule has 0 aliphatic heterocycles. The maximum absolute atomic E-state index is 11.2. The van der Waals surface area contributed by atoms with Gasteiger partial charge in [0.05, 0.1) is 7.11 Å². The topological polar surface area (TPSA) is 127 Å². The van der Waals surface area contributed by atoms with E-state index in [-0.39, 0.29) is 12.8 Å². The van der Waals surface area contributed by atoms with Crippen molar-refractivity contribution in [3.05, 3.63) is 0 Å². The third kappa shape index (κ3) is 7.60. The number of hydrogen-bond acceptors (Lipinski definition) is 6. The van der Waals surface area contributed by atoms with Crippen LogP contribution in [0.2, 0.25) is 0 Å². The molecule has 0 spiro atoms. The monoisotopic (exact) mass is 281 g/mol. The lowest BCUT2D eigenvalue weighted by Crippen LogP contribution is -2.43. The van der Waals surface area contributed by atoms with Crippen molar-refractivity contribution in [2.45, 2.75) is 18.9 Å². The van der Waals surface area contributed by atoms with Crippen LogP contribution < -0.4 is 5.32 Å². The summed E-state index contributed by atoms with van der Waals surface area (Å²) in [6, 6.07) is -1.32. The van der Waals surface area contributed by atoms with E-state index < -0.39 is 39.5 Å². The quantitative estimate of drug-likeness (QED) is 0.547. The molecule has 0 aromatic heterocycles. The van der Waals surface area contributed by atoms with Crippen molar-refractivity contribution in [3.63, 3.8) is 0 Å². The molecule has 0 rings (SSSR count). The van der Waals surface area contributed by atoms with Crippen molar-refractivity contribution in [1.82, 2.24) is 5.32 Å². The Labute approximate surface area is 104 Å². The zero-order chi connectivity index (χ0) is 14.3. The molecule has 8 nitrogen and oxygen atoms in total. The van der Waals surface area contributed by atoms with Gasteiger partial charge in [-0.05, 0) is 6.42 Å². The van der Waals surface area contributed by atoms with Gasteiger partial charge in [0.15, 0.2) is 9.84 Å². The van der Waals surface area contributed by atoms with E-state index in [9.17, 15) is 22.8 Å². The van der Waals surface area contributed by atoms with E-state index in [1.807, 2.05) is 5.32 Å². The number of carboxylic acid groups (broad SMARTS) is 1. The largest absolute Gasteiger partial charge is 0.480 e. The highest BCUT2D eigenvalue weighted by Gasteiger charge is 2.22. The van der Waals surface area contributed by atoms with Gasteiger partial charge in [-0.3, -0.25) is 9.59 Å². The average molecular weight is 281 g/mol. The number of rotatable bonds is 7. The number of methoxy groups -OCH3 is 1. The molecule has 0 heterocycles. The van der Waals surface area contributed by atoms with Gasteiger partial charge in [0.25, 0.3) is 0 Å². The van der Waals surface area contributed by atoms with Gasteiger partial charge in [-0.15, -0.1) is 0 Å². The second-order valence-corrected chi connectivity index (χ2v) is 5.78. The summed E-state index contributed by atoms with van der Waals surface area (Å²) < 4.78 is 26.0. The molecular formula is C9H15NO7S. The molecule has 0 saturated carbocycles. The molecule has 0 aliphatic rings. The Balaban J connectivity index is 4.41. The fourth-order valence-corrected chi connectivity index (χ4v) is 1.66. The highest BCUT2D eigenvalue weighted by Crippen LogP contribution is 2.00. The van der Waals surface area contributed by atoms with Crippen molar-refractivity contribution in [2.24, 2.45) is 0 Å². The molecule has 0 bridgehead atoms. The van der Waals surface area contributed by atoms with Gasteiger partial charge >= 0.3 is 11.9 Å². The molecule has 0 aromatic carbocycles. The fourth-order valence-electron chi connectivity index (χ4n) is 1.10. The third-order valence-electron chi connectivity index (χ3n) is 1.89. The molecule has 0 aliphatic carbocycles. The molecule has 2 N–H and O–H groups in total. The van der Waals surface area contributed by atoms with Crippen LogP contribution in [0, 0.1) is 0 Å². The number of hydrogen-bond donors (Lipinski definition) is 2. The predicted molar refractivity (Wildman–Crippen MR) is 60.5 cm³/mol. The Morgan fingerprint density at radius 1 is 1.33 bits per heavy atom. The maximum Gasteiger partial charge on any atom is 0.326 e. The number of nitrogens with one attached hydrogen (secondary N) is 1. The first-order valence-corrected chi connectivity index (χ1v) is 6.98. The fraction of sp³-hybridized carbons (Fsp3) is 0.667. The first kappa shape index (κ1) is 16.4. The zero-order valence-electron chi connectivity index (χ0n) is 10.0. The highest BCUT2D eigenvalue weighted by atomic mass is 32.2. The van der Waals surface area contributed by atoms with Crippen molar-refractivity contribution in [3.8, 4) is 0 Å².